The predicted molar refractivity (Wildman–Crippen MR) is 44.9 cm³/mol. The fraction of sp³-hybridized carbons (Fsp3) is 0.857. The number of hydrogen-bond donors (Lipinski definition) is 2. The van der Waals surface area contributed by atoms with Gasteiger partial charge in [-0.1, -0.05) is 6.92 Å². The Hall–Kier alpha value is -0.770. The molecule has 0 aromatic rings. The largest absolute Gasteiger partial charge is 0.352 e. The van der Waals surface area contributed by atoms with Crippen molar-refractivity contribution in [2.75, 3.05) is 27.3 Å². The molecule has 0 aromatic carbocycles. The fourth-order valence-corrected chi connectivity index (χ4v) is 0.976. The Morgan fingerprint density at radius 1 is 1.55 bits per heavy atom. The van der Waals surface area contributed by atoms with Crippen molar-refractivity contribution in [1.29, 1.82) is 0 Å². The summed E-state index contributed by atoms with van der Waals surface area (Å²) in [5, 5.41) is 2.58. The smallest absolute Gasteiger partial charge is 0.316 e. The van der Waals surface area contributed by atoms with Crippen LogP contribution < -0.4 is 11.1 Å². The molecule has 0 radical (unpaired) electrons. The average Bonchev–Trinajstić information content (AvgIpc) is 1.84. The van der Waals surface area contributed by atoms with Crippen molar-refractivity contribution >= 4 is 6.03 Å². The minimum absolute atomic E-state index is 0.452. The summed E-state index contributed by atoms with van der Waals surface area (Å²) in [6.07, 6.45) is 1.10. The lowest BCUT2D eigenvalue weighted by atomic mass is 10.4. The minimum atomic E-state index is -0.452. The first-order valence-corrected chi connectivity index (χ1v) is 3.83. The molecule has 2 amide bonds. The van der Waals surface area contributed by atoms with Gasteiger partial charge < -0.3 is 10.2 Å². The summed E-state index contributed by atoms with van der Waals surface area (Å²) in [7, 11) is 4.11. The number of carbonyl (C=O) groups excluding carboxylic acids is 1. The highest BCUT2D eigenvalue weighted by Crippen LogP contribution is 1.95. The van der Waals surface area contributed by atoms with Crippen LogP contribution in [0.3, 0.4) is 0 Å². The SMILES string of the molecule is CCC[N+](C)(C)CNC(N)=O. The Morgan fingerprint density at radius 3 is 2.45 bits per heavy atom. The molecule has 0 heterocycles. The Kier molecular flexibility index (Phi) is 3.89. The molecule has 0 aromatic heterocycles. The summed E-state index contributed by atoms with van der Waals surface area (Å²) in [6.45, 7) is 3.76. The van der Waals surface area contributed by atoms with Crippen molar-refractivity contribution in [3.05, 3.63) is 0 Å². The molecule has 0 saturated heterocycles. The van der Waals surface area contributed by atoms with Gasteiger partial charge in [0.2, 0.25) is 0 Å². The monoisotopic (exact) mass is 160 g/mol. The normalized spacial score (nSPS) is 11.2. The van der Waals surface area contributed by atoms with Gasteiger partial charge in [0.15, 0.2) is 6.67 Å². The zero-order valence-corrected chi connectivity index (χ0v) is 7.55. The number of primary amides is 1. The molecular weight excluding hydrogens is 142 g/mol. The van der Waals surface area contributed by atoms with E-state index in [1.807, 2.05) is 0 Å². The van der Waals surface area contributed by atoms with E-state index < -0.39 is 6.03 Å². The molecule has 0 aliphatic rings. The molecule has 4 nitrogen and oxygen atoms in total. The van der Waals surface area contributed by atoms with Gasteiger partial charge >= 0.3 is 6.03 Å². The van der Waals surface area contributed by atoms with Crippen molar-refractivity contribution in [1.82, 2.24) is 5.32 Å². The van der Waals surface area contributed by atoms with Crippen LogP contribution in [0.25, 0.3) is 0 Å². The van der Waals surface area contributed by atoms with Gasteiger partial charge in [0.25, 0.3) is 0 Å². The summed E-state index contributed by atoms with van der Waals surface area (Å²) < 4.78 is 0.777. The number of nitrogens with zero attached hydrogens (tertiary/aromatic N) is 1. The summed E-state index contributed by atoms with van der Waals surface area (Å²) in [6, 6.07) is -0.452. The maximum absolute atomic E-state index is 10.4. The zero-order chi connectivity index (χ0) is 8.91. The summed E-state index contributed by atoms with van der Waals surface area (Å²) in [5.41, 5.74) is 4.94. The zero-order valence-electron chi connectivity index (χ0n) is 7.55. The second-order valence-corrected chi connectivity index (χ2v) is 3.36. The van der Waals surface area contributed by atoms with Crippen LogP contribution in [0.4, 0.5) is 4.79 Å². The van der Waals surface area contributed by atoms with Gasteiger partial charge in [-0.2, -0.15) is 0 Å². The van der Waals surface area contributed by atoms with Gasteiger partial charge in [0.05, 0.1) is 20.6 Å². The average molecular weight is 160 g/mol. The lowest BCUT2D eigenvalue weighted by molar-refractivity contribution is -0.892. The van der Waals surface area contributed by atoms with Gasteiger partial charge in [-0.3, -0.25) is 5.32 Å². The van der Waals surface area contributed by atoms with Crippen molar-refractivity contribution in [3.63, 3.8) is 0 Å². The highest BCUT2D eigenvalue weighted by atomic mass is 16.2. The number of carbonyl (C=O) groups is 1. The van der Waals surface area contributed by atoms with E-state index in [0.29, 0.717) is 6.67 Å². The van der Waals surface area contributed by atoms with Gasteiger partial charge in [0.1, 0.15) is 0 Å². The number of amides is 2. The third kappa shape index (κ3) is 5.66. The van der Waals surface area contributed by atoms with Crippen LogP contribution in [0.2, 0.25) is 0 Å². The molecule has 11 heavy (non-hydrogen) atoms. The second kappa shape index (κ2) is 4.18. The van der Waals surface area contributed by atoms with Crippen LogP contribution in [-0.4, -0.2) is 37.8 Å². The van der Waals surface area contributed by atoms with Gasteiger partial charge in [-0.25, -0.2) is 4.79 Å². The van der Waals surface area contributed by atoms with E-state index in [-0.39, 0.29) is 0 Å². The molecule has 0 spiro atoms. The van der Waals surface area contributed by atoms with Crippen LogP contribution in [0.15, 0.2) is 0 Å². The third-order valence-electron chi connectivity index (χ3n) is 1.51. The molecule has 0 unspecified atom stereocenters. The molecule has 66 valence electrons. The second-order valence-electron chi connectivity index (χ2n) is 3.36. The predicted octanol–water partition coefficient (Wildman–Crippen LogP) is 0.0986. The lowest BCUT2D eigenvalue weighted by Crippen LogP contribution is -2.49. The van der Waals surface area contributed by atoms with Crippen LogP contribution in [0, 0.1) is 0 Å². The van der Waals surface area contributed by atoms with Crippen molar-refractivity contribution in [2.45, 2.75) is 13.3 Å². The summed E-state index contributed by atoms with van der Waals surface area (Å²) in [5.74, 6) is 0. The Labute approximate surface area is 67.9 Å². The maximum Gasteiger partial charge on any atom is 0.316 e. The number of urea groups is 1. The molecule has 0 atom stereocenters. The fourth-order valence-electron chi connectivity index (χ4n) is 0.976. The van der Waals surface area contributed by atoms with Gasteiger partial charge in [-0.15, -0.1) is 0 Å². The Bertz CT molecular complexity index is 134. The van der Waals surface area contributed by atoms with E-state index in [4.69, 9.17) is 5.73 Å². The molecule has 0 saturated carbocycles. The molecule has 0 rings (SSSR count). The van der Waals surface area contributed by atoms with E-state index in [2.05, 4.69) is 26.3 Å². The number of quaternary nitrogens is 1. The van der Waals surface area contributed by atoms with E-state index >= 15 is 0 Å². The molecule has 3 N–H and O–H groups in total. The van der Waals surface area contributed by atoms with Crippen molar-refractivity contribution in [3.8, 4) is 0 Å². The third-order valence-corrected chi connectivity index (χ3v) is 1.51. The molecule has 0 fully saturated rings. The van der Waals surface area contributed by atoms with E-state index in [9.17, 15) is 4.79 Å². The minimum Gasteiger partial charge on any atom is -0.352 e. The first-order valence-electron chi connectivity index (χ1n) is 3.83. The van der Waals surface area contributed by atoms with Crippen molar-refractivity contribution in [2.24, 2.45) is 5.73 Å². The molecule has 0 bridgehead atoms. The molecule has 4 heteroatoms. The maximum atomic E-state index is 10.4. The highest BCUT2D eigenvalue weighted by Gasteiger charge is 2.12. The lowest BCUT2D eigenvalue weighted by Gasteiger charge is -2.28. The van der Waals surface area contributed by atoms with E-state index in [1.165, 1.54) is 0 Å². The molecular formula is C7H18N3O+. The molecule has 0 aliphatic heterocycles. The molecule has 0 aliphatic carbocycles. The van der Waals surface area contributed by atoms with E-state index in [0.717, 1.165) is 17.4 Å². The van der Waals surface area contributed by atoms with Crippen LogP contribution in [0.5, 0.6) is 0 Å². The van der Waals surface area contributed by atoms with Crippen LogP contribution >= 0.6 is 0 Å². The quantitative estimate of drug-likeness (QED) is 0.445. The van der Waals surface area contributed by atoms with E-state index in [1.54, 1.807) is 0 Å². The van der Waals surface area contributed by atoms with Crippen LogP contribution in [0.1, 0.15) is 13.3 Å². The number of nitrogens with two attached hydrogens (primary N) is 1. The topological polar surface area (TPSA) is 55.1 Å². The first kappa shape index (κ1) is 10.2. The van der Waals surface area contributed by atoms with Crippen LogP contribution in [-0.2, 0) is 0 Å². The summed E-state index contributed by atoms with van der Waals surface area (Å²) >= 11 is 0. The van der Waals surface area contributed by atoms with Gasteiger partial charge in [-0.05, 0) is 6.42 Å². The Morgan fingerprint density at radius 2 is 2.09 bits per heavy atom. The number of hydrogen-bond acceptors (Lipinski definition) is 1. The highest BCUT2D eigenvalue weighted by molar-refractivity contribution is 5.71. The number of rotatable bonds is 4. The Balaban J connectivity index is 3.63. The standard InChI is InChI=1S/C7H17N3O/c1-4-5-10(2,3)6-9-7(8)11/h4-6H2,1-3H3,(H2-,8,9,11)/p+1. The van der Waals surface area contributed by atoms with Crippen molar-refractivity contribution < 1.29 is 9.28 Å². The summed E-state index contributed by atoms with van der Waals surface area (Å²) in [4.78, 5) is 10.4. The van der Waals surface area contributed by atoms with Gasteiger partial charge in [0, 0.05) is 0 Å². The first-order chi connectivity index (χ1) is 4.98. The number of nitrogens with one attached hydrogen (secondary N) is 1.